The number of aromatic hydroxyl groups is 1. The molecule has 0 unspecified atom stereocenters. The number of aliphatic hydroxyl groups is 1. The summed E-state index contributed by atoms with van der Waals surface area (Å²) < 4.78 is 6.33. The predicted molar refractivity (Wildman–Crippen MR) is 96.7 cm³/mol. The monoisotopic (exact) mass is 330 g/mol. The van der Waals surface area contributed by atoms with Crippen LogP contribution >= 0.6 is 0 Å². The number of allylic oxidation sites excluding steroid dienone is 2. The van der Waals surface area contributed by atoms with Crippen LogP contribution in [0.2, 0.25) is 0 Å². The van der Waals surface area contributed by atoms with Crippen LogP contribution in [0.4, 0.5) is 0 Å². The number of hydrogen-bond donors (Lipinski definition) is 2. The van der Waals surface area contributed by atoms with Crippen LogP contribution in [0.5, 0.6) is 11.5 Å². The van der Waals surface area contributed by atoms with Gasteiger partial charge in [-0.3, -0.25) is 0 Å². The highest BCUT2D eigenvalue weighted by Crippen LogP contribution is 2.53. The van der Waals surface area contributed by atoms with Crippen LogP contribution < -0.4 is 4.74 Å². The van der Waals surface area contributed by atoms with Crippen molar-refractivity contribution in [2.75, 3.05) is 0 Å². The van der Waals surface area contributed by atoms with E-state index in [1.165, 1.54) is 5.57 Å². The lowest BCUT2D eigenvalue weighted by molar-refractivity contribution is 0.0107. The Morgan fingerprint density at radius 1 is 1.33 bits per heavy atom. The zero-order valence-electron chi connectivity index (χ0n) is 15.3. The quantitative estimate of drug-likeness (QED) is 0.786. The average molecular weight is 330 g/mol. The summed E-state index contributed by atoms with van der Waals surface area (Å²) in [7, 11) is 0. The number of aryl methyl sites for hydroxylation is 1. The number of phenols is 1. The lowest BCUT2D eigenvalue weighted by Gasteiger charge is -2.46. The van der Waals surface area contributed by atoms with Gasteiger partial charge in [0, 0.05) is 17.4 Å². The van der Waals surface area contributed by atoms with Crippen molar-refractivity contribution in [1.82, 2.24) is 0 Å². The molecule has 0 amide bonds. The van der Waals surface area contributed by atoms with E-state index in [0.717, 1.165) is 42.6 Å². The lowest BCUT2D eigenvalue weighted by atomic mass is 9.68. The molecule has 1 heterocycles. The molecule has 0 radical (unpaired) electrons. The Kier molecular flexibility index (Phi) is 4.65. The Labute approximate surface area is 145 Å². The van der Waals surface area contributed by atoms with Crippen LogP contribution in [0, 0.1) is 5.92 Å². The van der Waals surface area contributed by atoms with Crippen molar-refractivity contribution in [3.8, 4) is 11.5 Å². The molecule has 0 spiro atoms. The fraction of sp³-hybridized carbons (Fsp3) is 0.619. The maximum Gasteiger partial charge on any atom is 0.127 e. The third-order valence-corrected chi connectivity index (χ3v) is 5.76. The maximum atomic E-state index is 10.7. The van der Waals surface area contributed by atoms with Crippen molar-refractivity contribution in [1.29, 1.82) is 0 Å². The average Bonchev–Trinajstić information content (AvgIpc) is 2.51. The van der Waals surface area contributed by atoms with Gasteiger partial charge in [-0.1, -0.05) is 18.6 Å². The van der Waals surface area contributed by atoms with E-state index < -0.39 is 0 Å². The van der Waals surface area contributed by atoms with E-state index in [-0.39, 0.29) is 17.6 Å². The summed E-state index contributed by atoms with van der Waals surface area (Å²) in [5, 5.41) is 20.5. The molecule has 3 heteroatoms. The zero-order chi connectivity index (χ0) is 17.5. The minimum absolute atomic E-state index is 0.229. The first-order chi connectivity index (χ1) is 11.3. The van der Waals surface area contributed by atoms with Crippen LogP contribution in [0.25, 0.3) is 0 Å². The highest BCUT2D eigenvalue weighted by Gasteiger charge is 2.45. The third-order valence-electron chi connectivity index (χ3n) is 5.76. The predicted octanol–water partition coefficient (Wildman–Crippen LogP) is 4.71. The van der Waals surface area contributed by atoms with E-state index in [9.17, 15) is 10.2 Å². The minimum Gasteiger partial charge on any atom is -0.507 e. The Bertz CT molecular complexity index is 645. The van der Waals surface area contributed by atoms with Crippen molar-refractivity contribution >= 4 is 0 Å². The molecule has 0 saturated heterocycles. The van der Waals surface area contributed by atoms with Crippen molar-refractivity contribution in [2.45, 2.75) is 77.4 Å². The number of ether oxygens (including phenoxy) is 1. The Morgan fingerprint density at radius 3 is 2.79 bits per heavy atom. The molecule has 0 aromatic heterocycles. The van der Waals surface area contributed by atoms with Gasteiger partial charge in [0.2, 0.25) is 0 Å². The molecular weight excluding hydrogens is 300 g/mol. The first-order valence-corrected chi connectivity index (χ1v) is 9.22. The Balaban J connectivity index is 1.97. The SMILES string of the molecule is CC[C@H](O)CCc1cc(O)c2c(c1)OC(C)(C)[C@@H]1CCC(C)=C[C@@H]21. The van der Waals surface area contributed by atoms with Crippen molar-refractivity contribution in [3.63, 3.8) is 0 Å². The lowest BCUT2D eigenvalue weighted by Crippen LogP contribution is -2.45. The second-order valence-corrected chi connectivity index (χ2v) is 8.02. The number of aliphatic hydroxyl groups excluding tert-OH is 1. The van der Waals surface area contributed by atoms with Crippen LogP contribution in [0.15, 0.2) is 23.8 Å². The molecule has 132 valence electrons. The molecule has 3 rings (SSSR count). The van der Waals surface area contributed by atoms with Crippen molar-refractivity contribution in [3.05, 3.63) is 34.9 Å². The molecule has 2 N–H and O–H groups in total. The van der Waals surface area contributed by atoms with Gasteiger partial charge in [-0.25, -0.2) is 0 Å². The second kappa shape index (κ2) is 6.44. The largest absolute Gasteiger partial charge is 0.507 e. The van der Waals surface area contributed by atoms with E-state index in [1.54, 1.807) is 0 Å². The Morgan fingerprint density at radius 2 is 2.08 bits per heavy atom. The van der Waals surface area contributed by atoms with Crippen molar-refractivity contribution in [2.24, 2.45) is 5.92 Å². The normalized spacial score (nSPS) is 26.0. The molecule has 24 heavy (non-hydrogen) atoms. The van der Waals surface area contributed by atoms with Gasteiger partial charge in [-0.15, -0.1) is 0 Å². The molecule has 1 aliphatic carbocycles. The summed E-state index contributed by atoms with van der Waals surface area (Å²) in [5.74, 6) is 1.78. The van der Waals surface area contributed by atoms with E-state index in [2.05, 4.69) is 32.9 Å². The summed E-state index contributed by atoms with van der Waals surface area (Å²) in [6, 6.07) is 3.92. The van der Waals surface area contributed by atoms with Gasteiger partial charge < -0.3 is 14.9 Å². The molecule has 1 aromatic carbocycles. The third kappa shape index (κ3) is 3.19. The van der Waals surface area contributed by atoms with Gasteiger partial charge in [0.1, 0.15) is 17.1 Å². The van der Waals surface area contributed by atoms with E-state index in [1.807, 2.05) is 13.0 Å². The molecule has 2 aliphatic rings. The van der Waals surface area contributed by atoms with Gasteiger partial charge in [0.15, 0.2) is 0 Å². The molecular formula is C21H30O3. The van der Waals surface area contributed by atoms with Gasteiger partial charge >= 0.3 is 0 Å². The molecule has 0 bridgehead atoms. The topological polar surface area (TPSA) is 49.7 Å². The van der Waals surface area contributed by atoms with Crippen LogP contribution in [0.1, 0.15) is 70.4 Å². The number of hydrogen-bond acceptors (Lipinski definition) is 3. The van der Waals surface area contributed by atoms with E-state index >= 15 is 0 Å². The molecule has 1 aliphatic heterocycles. The highest BCUT2D eigenvalue weighted by molar-refractivity contribution is 5.54. The van der Waals surface area contributed by atoms with Gasteiger partial charge in [-0.2, -0.15) is 0 Å². The van der Waals surface area contributed by atoms with Gasteiger partial charge in [0.25, 0.3) is 0 Å². The zero-order valence-corrected chi connectivity index (χ0v) is 15.3. The molecule has 0 saturated carbocycles. The minimum atomic E-state index is -0.283. The number of phenolic OH excluding ortho intramolecular Hbond substituents is 1. The highest BCUT2D eigenvalue weighted by atomic mass is 16.5. The summed E-state index contributed by atoms with van der Waals surface area (Å²) in [6.45, 7) is 8.48. The van der Waals surface area contributed by atoms with E-state index in [4.69, 9.17) is 4.74 Å². The smallest absolute Gasteiger partial charge is 0.127 e. The van der Waals surface area contributed by atoms with Gasteiger partial charge in [0.05, 0.1) is 6.10 Å². The Hall–Kier alpha value is -1.48. The number of fused-ring (bicyclic) bond motifs is 3. The fourth-order valence-electron chi connectivity index (χ4n) is 4.26. The van der Waals surface area contributed by atoms with Crippen LogP contribution in [-0.2, 0) is 6.42 Å². The first-order valence-electron chi connectivity index (χ1n) is 9.22. The molecule has 0 fully saturated rings. The summed E-state index contributed by atoms with van der Waals surface area (Å²) in [4.78, 5) is 0. The van der Waals surface area contributed by atoms with E-state index in [0.29, 0.717) is 18.1 Å². The second-order valence-electron chi connectivity index (χ2n) is 8.02. The van der Waals surface area contributed by atoms with Gasteiger partial charge in [-0.05, 0) is 70.6 Å². The summed E-state index contributed by atoms with van der Waals surface area (Å²) in [6.07, 6.45) is 6.46. The molecule has 3 nitrogen and oxygen atoms in total. The molecule has 3 atom stereocenters. The number of rotatable bonds is 4. The van der Waals surface area contributed by atoms with Crippen LogP contribution in [-0.4, -0.2) is 21.9 Å². The fourth-order valence-corrected chi connectivity index (χ4v) is 4.26. The summed E-state index contributed by atoms with van der Waals surface area (Å²) in [5.41, 5.74) is 3.14. The standard InChI is InChI=1S/C21H30O3/c1-5-15(22)8-7-14-11-18(23)20-16-10-13(2)6-9-17(16)21(3,4)24-19(20)12-14/h10-12,15-17,22-23H,5-9H2,1-4H3/t15-,16+,17+/m0/s1. The first kappa shape index (κ1) is 17.3. The van der Waals surface area contributed by atoms with Crippen molar-refractivity contribution < 1.29 is 14.9 Å². The maximum absolute atomic E-state index is 10.7. The molecule has 1 aromatic rings. The number of benzene rings is 1. The van der Waals surface area contributed by atoms with Crippen LogP contribution in [0.3, 0.4) is 0 Å². The summed E-state index contributed by atoms with van der Waals surface area (Å²) >= 11 is 0.